The molecule has 0 saturated carbocycles. The lowest BCUT2D eigenvalue weighted by Crippen LogP contribution is -2.44. The normalized spacial score (nSPS) is 21.7. The highest BCUT2D eigenvalue weighted by Crippen LogP contribution is 2.38. The Morgan fingerprint density at radius 2 is 2.04 bits per heavy atom. The fourth-order valence-corrected chi connectivity index (χ4v) is 3.94. The Kier molecular flexibility index (Phi) is 4.29. The van der Waals surface area contributed by atoms with Gasteiger partial charge in [-0.25, -0.2) is 13.8 Å². The number of anilines is 1. The summed E-state index contributed by atoms with van der Waals surface area (Å²) in [5.41, 5.74) is 1.68. The number of aromatic nitrogens is 2. The lowest BCUT2D eigenvalue weighted by molar-refractivity contribution is -0.0223. The van der Waals surface area contributed by atoms with Crippen LogP contribution >= 0.6 is 11.6 Å². The molecule has 2 aromatic heterocycles. The third-order valence-electron chi connectivity index (χ3n) is 5.14. The van der Waals surface area contributed by atoms with E-state index >= 15 is 0 Å². The first-order valence-corrected chi connectivity index (χ1v) is 8.99. The number of nitrogens with zero attached hydrogens (tertiary/aromatic N) is 5. The molecule has 1 unspecified atom stereocenters. The summed E-state index contributed by atoms with van der Waals surface area (Å²) in [5.74, 6) is 4.29. The minimum absolute atomic E-state index is 0.111. The van der Waals surface area contributed by atoms with Crippen molar-refractivity contribution < 1.29 is 8.78 Å². The number of nitrogens with two attached hydrogens (primary N) is 1. The summed E-state index contributed by atoms with van der Waals surface area (Å²) in [6.07, 6.45) is 6.93. The zero-order valence-corrected chi connectivity index (χ0v) is 15.2. The molecule has 0 amide bonds. The molecule has 0 aromatic carbocycles. The van der Waals surface area contributed by atoms with Crippen molar-refractivity contribution in [3.63, 3.8) is 0 Å². The molecule has 4 rings (SSSR count). The molecule has 1 saturated heterocycles. The topological polar surface area (TPSA) is 53.0 Å². The van der Waals surface area contributed by atoms with E-state index in [2.05, 4.69) is 4.98 Å². The van der Waals surface area contributed by atoms with E-state index in [-0.39, 0.29) is 32.0 Å². The number of imidazole rings is 1. The molecule has 6 nitrogen and oxygen atoms in total. The molecular weight excluding hydrogens is 362 g/mol. The molecule has 4 heterocycles. The molecule has 2 aliphatic heterocycles. The van der Waals surface area contributed by atoms with E-state index in [1.54, 1.807) is 17.6 Å². The highest BCUT2D eigenvalue weighted by molar-refractivity contribution is 6.34. The predicted molar refractivity (Wildman–Crippen MR) is 96.9 cm³/mol. The third kappa shape index (κ3) is 2.91. The first kappa shape index (κ1) is 17.5. The number of hydrazine groups is 2. The molecule has 1 atom stereocenters. The smallest absolute Gasteiger partial charge is 0.251 e. The maximum atomic E-state index is 13.7. The van der Waals surface area contributed by atoms with Crippen LogP contribution in [0.2, 0.25) is 5.02 Å². The quantitative estimate of drug-likeness (QED) is 0.826. The molecule has 0 spiro atoms. The van der Waals surface area contributed by atoms with Gasteiger partial charge < -0.3 is 4.90 Å². The molecule has 2 aliphatic rings. The Morgan fingerprint density at radius 1 is 1.31 bits per heavy atom. The van der Waals surface area contributed by atoms with Crippen molar-refractivity contribution in [2.24, 2.45) is 5.84 Å². The first-order chi connectivity index (χ1) is 12.4. The number of pyridine rings is 1. The van der Waals surface area contributed by atoms with Crippen molar-refractivity contribution in [1.82, 2.24) is 19.5 Å². The van der Waals surface area contributed by atoms with Crippen molar-refractivity contribution in [2.45, 2.75) is 31.7 Å². The summed E-state index contributed by atoms with van der Waals surface area (Å²) < 4.78 is 29.2. The summed E-state index contributed by atoms with van der Waals surface area (Å²) in [7, 11) is 0. The summed E-state index contributed by atoms with van der Waals surface area (Å²) in [6, 6.07) is 1.78. The van der Waals surface area contributed by atoms with Gasteiger partial charge in [-0.1, -0.05) is 11.6 Å². The molecule has 26 heavy (non-hydrogen) atoms. The van der Waals surface area contributed by atoms with Gasteiger partial charge in [0.05, 0.1) is 29.3 Å². The van der Waals surface area contributed by atoms with Gasteiger partial charge in [0.1, 0.15) is 12.1 Å². The highest BCUT2D eigenvalue weighted by atomic mass is 35.5. The molecule has 140 valence electrons. The zero-order chi connectivity index (χ0) is 18.5. The number of rotatable bonds is 3. The Bertz CT molecular complexity index is 841. The van der Waals surface area contributed by atoms with E-state index in [1.807, 2.05) is 39.6 Å². The Morgan fingerprint density at radius 3 is 2.69 bits per heavy atom. The van der Waals surface area contributed by atoms with Crippen LogP contribution < -0.4 is 10.7 Å². The Hall–Kier alpha value is -1.90. The van der Waals surface area contributed by atoms with Crippen molar-refractivity contribution in [3.05, 3.63) is 41.5 Å². The van der Waals surface area contributed by atoms with Crippen LogP contribution in [0, 0.1) is 0 Å². The van der Waals surface area contributed by atoms with Crippen molar-refractivity contribution in [2.75, 3.05) is 24.5 Å². The average molecular weight is 383 g/mol. The van der Waals surface area contributed by atoms with Crippen LogP contribution in [0.15, 0.2) is 30.9 Å². The standard InChI is InChI=1S/C17H21ClF2N6/c1-12(25-5-2-6-26(25)21)13-9-14(18)15-10-22-11-24(15)16(13)23-7-3-17(19,20)4-8-23/h2,5,9-12H,3-4,6-8,21H2,1H3. The van der Waals surface area contributed by atoms with Gasteiger partial charge >= 0.3 is 0 Å². The number of halogens is 3. The summed E-state index contributed by atoms with van der Waals surface area (Å²) >= 11 is 6.47. The van der Waals surface area contributed by atoms with E-state index in [0.717, 1.165) is 16.9 Å². The van der Waals surface area contributed by atoms with Gasteiger partial charge in [0.2, 0.25) is 0 Å². The number of fused-ring (bicyclic) bond motifs is 1. The fraction of sp³-hybridized carbons (Fsp3) is 0.471. The number of hydrogen-bond donors (Lipinski definition) is 1. The Labute approximate surface area is 155 Å². The van der Waals surface area contributed by atoms with E-state index in [1.165, 1.54) is 0 Å². The van der Waals surface area contributed by atoms with Crippen molar-refractivity contribution >= 4 is 22.9 Å². The van der Waals surface area contributed by atoms with Crippen LogP contribution in [0.5, 0.6) is 0 Å². The van der Waals surface area contributed by atoms with Gasteiger partial charge in [-0.05, 0) is 19.1 Å². The second kappa shape index (κ2) is 6.37. The molecule has 0 bridgehead atoms. The van der Waals surface area contributed by atoms with E-state index in [0.29, 0.717) is 11.6 Å². The summed E-state index contributed by atoms with van der Waals surface area (Å²) in [5, 5.41) is 4.10. The van der Waals surface area contributed by atoms with E-state index in [9.17, 15) is 8.78 Å². The first-order valence-electron chi connectivity index (χ1n) is 8.62. The molecule has 1 fully saturated rings. The van der Waals surface area contributed by atoms with Gasteiger partial charge in [0, 0.05) is 37.7 Å². The minimum atomic E-state index is -2.60. The second-order valence-corrected chi connectivity index (χ2v) is 7.23. The van der Waals surface area contributed by atoms with Crippen molar-refractivity contribution in [3.8, 4) is 0 Å². The molecule has 2 aromatic rings. The van der Waals surface area contributed by atoms with Crippen LogP contribution in [0.4, 0.5) is 14.6 Å². The summed E-state index contributed by atoms with van der Waals surface area (Å²) in [6.45, 7) is 3.20. The van der Waals surface area contributed by atoms with Crippen LogP contribution in [-0.2, 0) is 0 Å². The largest absolute Gasteiger partial charge is 0.357 e. The predicted octanol–water partition coefficient (Wildman–Crippen LogP) is 3.20. The van der Waals surface area contributed by atoms with Crippen molar-refractivity contribution in [1.29, 1.82) is 0 Å². The van der Waals surface area contributed by atoms with Crippen LogP contribution in [0.1, 0.15) is 31.4 Å². The third-order valence-corrected chi connectivity index (χ3v) is 5.44. The van der Waals surface area contributed by atoms with Gasteiger partial charge in [-0.15, -0.1) is 0 Å². The summed E-state index contributed by atoms with van der Waals surface area (Å²) in [4.78, 5) is 6.20. The molecule has 0 aliphatic carbocycles. The number of hydrogen-bond acceptors (Lipinski definition) is 5. The van der Waals surface area contributed by atoms with Gasteiger partial charge in [-0.3, -0.25) is 15.3 Å². The van der Waals surface area contributed by atoms with Gasteiger partial charge in [0.25, 0.3) is 5.92 Å². The SMILES string of the molecule is CC(c1cc(Cl)c2cncn2c1N1CCC(F)(F)CC1)N1C=CCN1N. The van der Waals surface area contributed by atoms with E-state index < -0.39 is 5.92 Å². The molecule has 9 heteroatoms. The van der Waals surface area contributed by atoms with Crippen LogP contribution in [0.25, 0.3) is 5.52 Å². The number of piperidine rings is 1. The number of alkyl halides is 2. The van der Waals surface area contributed by atoms with Crippen LogP contribution in [-0.4, -0.2) is 45.1 Å². The lowest BCUT2D eigenvalue weighted by Gasteiger charge is -2.38. The average Bonchev–Trinajstić information content (AvgIpc) is 3.24. The molecule has 2 N–H and O–H groups in total. The maximum Gasteiger partial charge on any atom is 0.251 e. The van der Waals surface area contributed by atoms with Gasteiger partial charge in [-0.2, -0.15) is 5.12 Å². The highest BCUT2D eigenvalue weighted by Gasteiger charge is 2.36. The zero-order valence-electron chi connectivity index (χ0n) is 14.4. The molecule has 0 radical (unpaired) electrons. The molecular formula is C17H21ClF2N6. The van der Waals surface area contributed by atoms with E-state index in [4.69, 9.17) is 17.4 Å². The Balaban J connectivity index is 1.80. The lowest BCUT2D eigenvalue weighted by atomic mass is 10.0. The maximum absolute atomic E-state index is 13.7. The van der Waals surface area contributed by atoms with Crippen LogP contribution in [0.3, 0.4) is 0 Å². The monoisotopic (exact) mass is 382 g/mol. The van der Waals surface area contributed by atoms with Gasteiger partial charge in [0.15, 0.2) is 0 Å². The second-order valence-electron chi connectivity index (χ2n) is 6.83. The fourth-order valence-electron chi connectivity index (χ4n) is 3.68. The minimum Gasteiger partial charge on any atom is -0.357 e.